The summed E-state index contributed by atoms with van der Waals surface area (Å²) in [4.78, 5) is 11.0. The van der Waals surface area contributed by atoms with Crippen molar-refractivity contribution in [1.29, 1.82) is 0 Å². The Hall–Kier alpha value is -0.380. The monoisotopic (exact) mass is 302 g/mol. The molecule has 1 nitrogen and oxygen atoms in total. The summed E-state index contributed by atoms with van der Waals surface area (Å²) in [5.74, 6) is 0. The van der Waals surface area contributed by atoms with Gasteiger partial charge in [-0.2, -0.15) is 0 Å². The minimum Gasteiger partial charge on any atom is -0.282 e. The Labute approximate surface area is 99.0 Å². The van der Waals surface area contributed by atoms with Crippen LogP contribution in [0.2, 0.25) is 0 Å². The van der Waals surface area contributed by atoms with Gasteiger partial charge in [-0.3, -0.25) is 4.79 Å². The Kier molecular flexibility index (Phi) is 3.70. The maximum absolute atomic E-state index is 11.0. The van der Waals surface area contributed by atoms with Gasteiger partial charge in [0.2, 0.25) is 3.79 Å². The van der Waals surface area contributed by atoms with E-state index in [1.54, 1.807) is 0 Å². The molecule has 1 aromatic carbocycles. The largest absolute Gasteiger partial charge is 0.282 e. The van der Waals surface area contributed by atoms with Crippen molar-refractivity contribution in [2.45, 2.75) is 27.2 Å². The molecule has 1 rings (SSSR count). The van der Waals surface area contributed by atoms with E-state index in [0.29, 0.717) is 5.41 Å². The third kappa shape index (κ3) is 3.78. The van der Waals surface area contributed by atoms with E-state index in [4.69, 9.17) is 0 Å². The molecule has 0 N–H and O–H groups in total. The molecule has 0 fully saturated rings. The summed E-state index contributed by atoms with van der Waals surface area (Å²) < 4.78 is 0.102. The van der Waals surface area contributed by atoms with Gasteiger partial charge in [0.05, 0.1) is 0 Å². The van der Waals surface area contributed by atoms with Crippen LogP contribution >= 0.6 is 22.6 Å². The molecular weight excluding hydrogens is 287 g/mol. The number of benzene rings is 1. The zero-order chi connectivity index (χ0) is 10.8. The van der Waals surface area contributed by atoms with E-state index < -0.39 is 0 Å². The summed E-state index contributed by atoms with van der Waals surface area (Å²) in [6.45, 7) is 6.64. The average Bonchev–Trinajstić information content (AvgIpc) is 2.02. The van der Waals surface area contributed by atoms with E-state index in [1.807, 2.05) is 46.9 Å². The van der Waals surface area contributed by atoms with Gasteiger partial charge in [-0.15, -0.1) is 0 Å². The minimum atomic E-state index is 0.102. The quantitative estimate of drug-likeness (QED) is 0.599. The van der Waals surface area contributed by atoms with Crippen LogP contribution in [0.25, 0.3) is 0 Å². The molecule has 0 unspecified atom stereocenters. The predicted molar refractivity (Wildman–Crippen MR) is 68.0 cm³/mol. The van der Waals surface area contributed by atoms with Gasteiger partial charge in [0.1, 0.15) is 0 Å². The first-order chi connectivity index (χ1) is 6.38. The third-order valence-electron chi connectivity index (χ3n) is 1.92. The van der Waals surface area contributed by atoms with Crippen molar-refractivity contribution in [2.24, 2.45) is 5.41 Å². The number of halogens is 1. The van der Waals surface area contributed by atoms with Gasteiger partial charge in [-0.1, -0.05) is 45.0 Å². The van der Waals surface area contributed by atoms with Crippen LogP contribution in [0.4, 0.5) is 0 Å². The van der Waals surface area contributed by atoms with Crippen molar-refractivity contribution < 1.29 is 4.79 Å². The second kappa shape index (κ2) is 4.43. The molecular formula is C12H15IO. The predicted octanol–water partition coefficient (Wildman–Crippen LogP) is 3.85. The lowest BCUT2D eigenvalue weighted by Gasteiger charge is -2.17. The number of hydrogen-bond donors (Lipinski definition) is 0. The summed E-state index contributed by atoms with van der Waals surface area (Å²) in [5, 5.41) is 0. The number of rotatable bonds is 2. The van der Waals surface area contributed by atoms with Gasteiger partial charge in [0.25, 0.3) is 0 Å². The summed E-state index contributed by atoms with van der Waals surface area (Å²) in [6, 6.07) is 7.87. The van der Waals surface area contributed by atoms with Crippen LogP contribution < -0.4 is 0 Å². The van der Waals surface area contributed by atoms with Crippen LogP contribution in [-0.4, -0.2) is 3.79 Å². The topological polar surface area (TPSA) is 17.1 Å². The van der Waals surface area contributed by atoms with E-state index >= 15 is 0 Å². The van der Waals surface area contributed by atoms with E-state index in [9.17, 15) is 4.79 Å². The maximum atomic E-state index is 11.0. The van der Waals surface area contributed by atoms with E-state index in [1.165, 1.54) is 5.56 Å². The lowest BCUT2D eigenvalue weighted by atomic mass is 9.88. The van der Waals surface area contributed by atoms with Crippen molar-refractivity contribution in [3.05, 3.63) is 35.4 Å². The number of carbonyl (C=O) groups excluding carboxylic acids is 1. The zero-order valence-electron chi connectivity index (χ0n) is 8.80. The highest BCUT2D eigenvalue weighted by atomic mass is 127. The Morgan fingerprint density at radius 2 is 1.71 bits per heavy atom. The van der Waals surface area contributed by atoms with Gasteiger partial charge in [-0.25, -0.2) is 0 Å². The van der Waals surface area contributed by atoms with Gasteiger partial charge < -0.3 is 0 Å². The second-order valence-corrected chi connectivity index (χ2v) is 5.69. The highest BCUT2D eigenvalue weighted by molar-refractivity contribution is 14.1. The van der Waals surface area contributed by atoms with Crippen LogP contribution in [0.1, 0.15) is 36.7 Å². The molecule has 0 bridgehead atoms. The maximum Gasteiger partial charge on any atom is 0.222 e. The molecule has 0 radical (unpaired) electrons. The van der Waals surface area contributed by atoms with Crippen LogP contribution in [0, 0.1) is 5.41 Å². The molecule has 0 saturated carbocycles. The molecule has 0 atom stereocenters. The van der Waals surface area contributed by atoms with Gasteiger partial charge in [0, 0.05) is 28.2 Å². The van der Waals surface area contributed by atoms with Crippen molar-refractivity contribution in [3.63, 3.8) is 0 Å². The Morgan fingerprint density at radius 3 is 2.07 bits per heavy atom. The summed E-state index contributed by atoms with van der Waals surface area (Å²) in [6.07, 6.45) is 1.04. The van der Waals surface area contributed by atoms with Crippen LogP contribution in [-0.2, 0) is 6.42 Å². The molecule has 0 saturated heterocycles. The fourth-order valence-electron chi connectivity index (χ4n) is 1.37. The smallest absolute Gasteiger partial charge is 0.222 e. The molecule has 1 aromatic rings. The normalized spacial score (nSPS) is 11.4. The summed E-state index contributed by atoms with van der Waals surface area (Å²) >= 11 is 1.81. The van der Waals surface area contributed by atoms with Crippen LogP contribution in [0.5, 0.6) is 0 Å². The SMILES string of the molecule is CC(C)(C)Cc1ccc(C(=O)I)cc1. The zero-order valence-corrected chi connectivity index (χ0v) is 11.0. The Morgan fingerprint density at radius 1 is 1.21 bits per heavy atom. The Balaban J connectivity index is 2.79. The van der Waals surface area contributed by atoms with Crippen molar-refractivity contribution in [1.82, 2.24) is 0 Å². The number of hydrogen-bond acceptors (Lipinski definition) is 1. The lowest BCUT2D eigenvalue weighted by Crippen LogP contribution is -2.09. The van der Waals surface area contributed by atoms with Crippen molar-refractivity contribution in [2.75, 3.05) is 0 Å². The molecule has 0 aliphatic heterocycles. The van der Waals surface area contributed by atoms with E-state index in [0.717, 1.165) is 12.0 Å². The lowest BCUT2D eigenvalue weighted by molar-refractivity contribution is 0.110. The van der Waals surface area contributed by atoms with Crippen LogP contribution in [0.15, 0.2) is 24.3 Å². The molecule has 0 aliphatic carbocycles. The molecule has 2 heteroatoms. The highest BCUT2D eigenvalue weighted by Gasteiger charge is 2.11. The fourth-order valence-corrected chi connectivity index (χ4v) is 1.73. The first-order valence-corrected chi connectivity index (χ1v) is 5.75. The van der Waals surface area contributed by atoms with E-state index in [-0.39, 0.29) is 3.79 Å². The number of carbonyl (C=O) groups is 1. The molecule has 0 aliphatic rings. The Bertz CT molecular complexity index is 319. The highest BCUT2D eigenvalue weighted by Crippen LogP contribution is 2.21. The standard InChI is InChI=1S/C12H15IO/c1-12(2,3)8-9-4-6-10(7-5-9)11(13)14/h4-7H,8H2,1-3H3. The van der Waals surface area contributed by atoms with Gasteiger partial charge in [-0.05, 0) is 17.4 Å². The molecule has 0 spiro atoms. The van der Waals surface area contributed by atoms with Gasteiger partial charge >= 0.3 is 0 Å². The molecule has 0 heterocycles. The summed E-state index contributed by atoms with van der Waals surface area (Å²) in [7, 11) is 0. The molecule has 0 aromatic heterocycles. The fraction of sp³-hybridized carbons (Fsp3) is 0.417. The third-order valence-corrected chi connectivity index (χ3v) is 2.54. The second-order valence-electron chi connectivity index (χ2n) is 4.71. The molecule has 76 valence electrons. The van der Waals surface area contributed by atoms with Crippen molar-refractivity contribution >= 4 is 26.4 Å². The van der Waals surface area contributed by atoms with E-state index in [2.05, 4.69) is 20.8 Å². The minimum absolute atomic E-state index is 0.102. The van der Waals surface area contributed by atoms with Crippen molar-refractivity contribution in [3.8, 4) is 0 Å². The molecule has 0 amide bonds. The molecule has 14 heavy (non-hydrogen) atoms. The van der Waals surface area contributed by atoms with Gasteiger partial charge in [0.15, 0.2) is 0 Å². The van der Waals surface area contributed by atoms with Crippen LogP contribution in [0.3, 0.4) is 0 Å². The summed E-state index contributed by atoms with van der Waals surface area (Å²) in [5.41, 5.74) is 2.37. The first-order valence-electron chi connectivity index (χ1n) is 4.67. The first kappa shape index (κ1) is 11.7. The average molecular weight is 302 g/mol.